The van der Waals surface area contributed by atoms with E-state index in [2.05, 4.69) is 25.4 Å². The van der Waals surface area contributed by atoms with Crippen LogP contribution in [0.25, 0.3) is 0 Å². The van der Waals surface area contributed by atoms with Gasteiger partial charge < -0.3 is 27.1 Å². The summed E-state index contributed by atoms with van der Waals surface area (Å²) in [5.74, 6) is 0.875. The van der Waals surface area contributed by atoms with Crippen LogP contribution in [0.5, 0.6) is 0 Å². The van der Waals surface area contributed by atoms with Crippen LogP contribution in [0.2, 0.25) is 0 Å². The zero-order chi connectivity index (χ0) is 20.0. The van der Waals surface area contributed by atoms with Crippen molar-refractivity contribution in [2.75, 3.05) is 4.90 Å². The molecule has 6 heterocycles. The monoisotopic (exact) mass is 407 g/mol. The van der Waals surface area contributed by atoms with Crippen LogP contribution in [0, 0.1) is 6.10 Å². The predicted molar refractivity (Wildman–Crippen MR) is 91.9 cm³/mol. The largest absolute Gasteiger partial charge is 0.446 e. The van der Waals surface area contributed by atoms with E-state index in [-0.39, 0.29) is 11.8 Å². The second-order valence-corrected chi connectivity index (χ2v) is 6.21. The topological polar surface area (TPSA) is 143 Å². The van der Waals surface area contributed by atoms with Gasteiger partial charge in [-0.15, -0.1) is 0 Å². The quantitative estimate of drug-likeness (QED) is 0.422. The Hall–Kier alpha value is -4.19. The zero-order valence-electron chi connectivity index (χ0n) is 15.0. The van der Waals surface area contributed by atoms with E-state index in [0.29, 0.717) is 23.3 Å². The summed E-state index contributed by atoms with van der Waals surface area (Å²) in [5.41, 5.74) is -0.595. The summed E-state index contributed by atoms with van der Waals surface area (Å²) >= 11 is 0. The highest BCUT2D eigenvalue weighted by Gasteiger charge is 2.66. The number of ether oxygens (including phenoxy) is 1. The Labute approximate surface area is 167 Å². The van der Waals surface area contributed by atoms with Gasteiger partial charge in [0, 0.05) is 18.2 Å². The molecule has 1 saturated heterocycles. The van der Waals surface area contributed by atoms with Crippen molar-refractivity contribution < 1.29 is 27.1 Å². The number of anilines is 1. The molecule has 0 saturated carbocycles. The Kier molecular flexibility index (Phi) is 3.58. The van der Waals surface area contributed by atoms with Crippen molar-refractivity contribution in [1.29, 1.82) is 0 Å². The zero-order valence-corrected chi connectivity index (χ0v) is 15.0. The van der Waals surface area contributed by atoms with Crippen molar-refractivity contribution in [2.45, 2.75) is 11.8 Å². The number of hydrogen-bond donors (Lipinski definition) is 0. The molecule has 5 aromatic heterocycles. The van der Waals surface area contributed by atoms with Gasteiger partial charge in [0.05, 0.1) is 12.4 Å². The van der Waals surface area contributed by atoms with Crippen molar-refractivity contribution in [3.05, 3.63) is 91.2 Å². The second kappa shape index (κ2) is 6.42. The molecule has 1 fully saturated rings. The van der Waals surface area contributed by atoms with Gasteiger partial charge in [-0.1, -0.05) is 15.5 Å². The third-order valence-corrected chi connectivity index (χ3v) is 4.71. The lowest BCUT2D eigenvalue weighted by molar-refractivity contribution is 0.0968. The van der Waals surface area contributed by atoms with Crippen LogP contribution in [-0.4, -0.2) is 25.4 Å². The molecule has 12 heteroatoms. The number of aromatic nitrogens is 5. The fourth-order valence-electron chi connectivity index (χ4n) is 3.60. The van der Waals surface area contributed by atoms with Gasteiger partial charge in [-0.2, -0.15) is 0 Å². The Morgan fingerprint density at radius 1 is 0.800 bits per heavy atom. The average molecular weight is 407 g/mol. The van der Waals surface area contributed by atoms with Gasteiger partial charge in [0.2, 0.25) is 23.5 Å². The van der Waals surface area contributed by atoms with Crippen molar-refractivity contribution >= 4 is 5.82 Å². The number of nitrogens with zero attached hydrogens (tertiary/aromatic N) is 6. The summed E-state index contributed by atoms with van der Waals surface area (Å²) in [6.07, 6.45) is 9.60. The molecule has 0 N–H and O–H groups in total. The molecule has 6 rings (SSSR count). The van der Waals surface area contributed by atoms with Crippen molar-refractivity contribution in [3.8, 4) is 0 Å². The first-order valence-corrected chi connectivity index (χ1v) is 8.74. The van der Waals surface area contributed by atoms with Gasteiger partial charge in [-0.25, -0.2) is 9.97 Å². The number of oxazole rings is 2. The maximum absolute atomic E-state index is 6.35. The Morgan fingerprint density at radius 3 is 2.27 bits per heavy atom. The van der Waals surface area contributed by atoms with Crippen molar-refractivity contribution in [1.82, 2.24) is 25.4 Å². The van der Waals surface area contributed by atoms with Crippen LogP contribution in [0.15, 0.2) is 84.3 Å². The van der Waals surface area contributed by atoms with Crippen LogP contribution >= 0.6 is 0 Å². The smallest absolute Gasteiger partial charge is 0.245 e. The molecule has 0 amide bonds. The minimum absolute atomic E-state index is 0.228. The maximum Gasteiger partial charge on any atom is 0.245 e. The molecule has 1 aliphatic heterocycles. The minimum atomic E-state index is -1.39. The molecule has 2 atom stereocenters. The van der Waals surface area contributed by atoms with E-state index in [1.165, 1.54) is 43.7 Å². The predicted octanol–water partition coefficient (Wildman–Crippen LogP) is 2.69. The maximum atomic E-state index is 6.35. The normalized spacial score (nSPS) is 22.1. The lowest BCUT2D eigenvalue weighted by Gasteiger charge is -2.35. The molecular formula is C18H11N6O6. The Balaban J connectivity index is 1.68. The highest BCUT2D eigenvalue weighted by Crippen LogP contribution is 2.57. The molecule has 1 aliphatic rings. The van der Waals surface area contributed by atoms with Gasteiger partial charge in [0.1, 0.15) is 42.7 Å². The Morgan fingerprint density at radius 2 is 1.60 bits per heavy atom. The highest BCUT2D eigenvalue weighted by molar-refractivity contribution is 5.57. The first kappa shape index (κ1) is 16.7. The van der Waals surface area contributed by atoms with E-state index in [9.17, 15) is 0 Å². The van der Waals surface area contributed by atoms with E-state index in [1.807, 2.05) is 0 Å². The number of rotatable bonds is 5. The first-order chi connectivity index (χ1) is 14.9. The molecule has 0 aliphatic carbocycles. The summed E-state index contributed by atoms with van der Waals surface area (Å²) in [5, 5.41) is 12.3. The summed E-state index contributed by atoms with van der Waals surface area (Å²) < 4.78 is 33.0. The standard InChI is InChI=1S/C18H11N6O6/c1-6-27-21-11(1)14-18(12-2-7-28-22-12,17-20-5-10-26-17)24(13-3-8-29-23-13)16(30-14)15-19-4-9-25-15/h1-10,16H. The van der Waals surface area contributed by atoms with Crippen LogP contribution in [0.4, 0.5) is 5.82 Å². The van der Waals surface area contributed by atoms with Crippen LogP contribution in [0.3, 0.4) is 0 Å². The summed E-state index contributed by atoms with van der Waals surface area (Å²) in [6.45, 7) is 0. The lowest BCUT2D eigenvalue weighted by Crippen LogP contribution is -2.48. The minimum Gasteiger partial charge on any atom is -0.446 e. The van der Waals surface area contributed by atoms with E-state index in [4.69, 9.17) is 27.1 Å². The van der Waals surface area contributed by atoms with Gasteiger partial charge in [0.15, 0.2) is 11.9 Å². The van der Waals surface area contributed by atoms with E-state index >= 15 is 0 Å². The molecule has 2 unspecified atom stereocenters. The van der Waals surface area contributed by atoms with Gasteiger partial charge in [0.25, 0.3) is 0 Å². The lowest BCUT2D eigenvalue weighted by atomic mass is 9.85. The first-order valence-electron chi connectivity index (χ1n) is 8.74. The summed E-state index contributed by atoms with van der Waals surface area (Å²) in [6, 6.07) is 4.97. The van der Waals surface area contributed by atoms with E-state index in [1.54, 1.807) is 23.1 Å². The molecule has 0 aromatic carbocycles. The van der Waals surface area contributed by atoms with Crippen molar-refractivity contribution in [3.63, 3.8) is 0 Å². The molecule has 5 aromatic rings. The highest BCUT2D eigenvalue weighted by atomic mass is 16.6. The summed E-state index contributed by atoms with van der Waals surface area (Å²) in [7, 11) is 0. The fourth-order valence-corrected chi connectivity index (χ4v) is 3.60. The molecule has 30 heavy (non-hydrogen) atoms. The average Bonchev–Trinajstić information content (AvgIpc) is 3.62. The van der Waals surface area contributed by atoms with E-state index in [0.717, 1.165) is 0 Å². The Bertz CT molecular complexity index is 1150. The molecule has 12 nitrogen and oxygen atoms in total. The SMILES string of the molecule is c1coc(C2O[C](c3ccon3)C(c3ccon3)(c3ncco3)N2c2ccon2)n1. The second-order valence-electron chi connectivity index (χ2n) is 6.21. The van der Waals surface area contributed by atoms with Gasteiger partial charge in [-0.3, -0.25) is 4.90 Å². The molecule has 149 valence electrons. The van der Waals surface area contributed by atoms with Gasteiger partial charge in [-0.05, 0) is 0 Å². The fraction of sp³-hybridized carbons (Fsp3) is 0.111. The molecule has 0 spiro atoms. The summed E-state index contributed by atoms with van der Waals surface area (Å²) in [4.78, 5) is 10.4. The molecule has 0 bridgehead atoms. The van der Waals surface area contributed by atoms with Crippen molar-refractivity contribution in [2.24, 2.45) is 0 Å². The van der Waals surface area contributed by atoms with Crippen LogP contribution < -0.4 is 4.90 Å². The van der Waals surface area contributed by atoms with E-state index < -0.39 is 11.8 Å². The number of hydrogen-bond acceptors (Lipinski definition) is 12. The molecule has 1 radical (unpaired) electrons. The molecular weight excluding hydrogens is 396 g/mol. The van der Waals surface area contributed by atoms with Gasteiger partial charge >= 0.3 is 0 Å². The third-order valence-electron chi connectivity index (χ3n) is 4.71. The van der Waals surface area contributed by atoms with Crippen LogP contribution in [-0.2, 0) is 10.3 Å². The third kappa shape index (κ3) is 2.21. The van der Waals surface area contributed by atoms with Crippen LogP contribution in [0.1, 0.15) is 29.4 Å².